The molecule has 1 aromatic carbocycles. The summed E-state index contributed by atoms with van der Waals surface area (Å²) in [5.41, 5.74) is 10.0. The maximum atomic E-state index is 5.94. The molecule has 88 valence electrons. The monoisotopic (exact) mass is 218 g/mol. The summed E-state index contributed by atoms with van der Waals surface area (Å²) in [4.78, 5) is 2.52. The number of likely N-dealkylation sites (tertiary alicyclic amines) is 1. The number of aryl methyl sites for hydroxylation is 2. The van der Waals surface area contributed by atoms with Crippen LogP contribution in [-0.2, 0) is 0 Å². The van der Waals surface area contributed by atoms with E-state index >= 15 is 0 Å². The summed E-state index contributed by atoms with van der Waals surface area (Å²) in [6, 6.07) is 7.20. The Labute approximate surface area is 98.4 Å². The van der Waals surface area contributed by atoms with Gasteiger partial charge >= 0.3 is 0 Å². The van der Waals surface area contributed by atoms with Gasteiger partial charge in [-0.3, -0.25) is 4.90 Å². The molecule has 0 aliphatic carbocycles. The predicted octanol–water partition coefficient (Wildman–Crippen LogP) is 2.40. The summed E-state index contributed by atoms with van der Waals surface area (Å²) in [7, 11) is 0. The zero-order valence-electron chi connectivity index (χ0n) is 10.4. The van der Waals surface area contributed by atoms with Gasteiger partial charge in [-0.05, 0) is 45.3 Å². The summed E-state index contributed by atoms with van der Waals surface area (Å²) in [6.07, 6.45) is 2.64. The van der Waals surface area contributed by atoms with Crippen molar-refractivity contribution in [3.63, 3.8) is 0 Å². The molecule has 0 saturated carbocycles. The van der Waals surface area contributed by atoms with Crippen molar-refractivity contribution in [2.75, 3.05) is 19.6 Å². The average Bonchev–Trinajstić information content (AvgIpc) is 2.70. The molecule has 0 bridgehead atoms. The fourth-order valence-corrected chi connectivity index (χ4v) is 2.75. The third kappa shape index (κ3) is 2.45. The lowest BCUT2D eigenvalue weighted by Gasteiger charge is -2.27. The lowest BCUT2D eigenvalue weighted by Crippen LogP contribution is -2.31. The van der Waals surface area contributed by atoms with Crippen molar-refractivity contribution in [2.24, 2.45) is 5.73 Å². The molecule has 2 N–H and O–H groups in total. The molecule has 1 aliphatic heterocycles. The van der Waals surface area contributed by atoms with E-state index in [0.29, 0.717) is 6.04 Å². The molecule has 2 heteroatoms. The molecule has 1 heterocycles. The second-order valence-corrected chi connectivity index (χ2v) is 4.92. The van der Waals surface area contributed by atoms with Crippen LogP contribution in [0.4, 0.5) is 0 Å². The second kappa shape index (κ2) is 4.98. The van der Waals surface area contributed by atoms with Gasteiger partial charge in [-0.1, -0.05) is 29.3 Å². The van der Waals surface area contributed by atoms with Crippen molar-refractivity contribution in [1.29, 1.82) is 0 Å². The van der Waals surface area contributed by atoms with Crippen LogP contribution >= 0.6 is 0 Å². The molecule has 1 aliphatic rings. The molecule has 1 atom stereocenters. The van der Waals surface area contributed by atoms with Crippen molar-refractivity contribution in [3.05, 3.63) is 34.9 Å². The number of hydrogen-bond donors (Lipinski definition) is 1. The fourth-order valence-electron chi connectivity index (χ4n) is 2.75. The second-order valence-electron chi connectivity index (χ2n) is 4.92. The molecule has 0 spiro atoms. The maximum absolute atomic E-state index is 5.94. The van der Waals surface area contributed by atoms with E-state index in [1.54, 1.807) is 0 Å². The zero-order chi connectivity index (χ0) is 11.5. The number of benzene rings is 1. The fraction of sp³-hybridized carbons (Fsp3) is 0.571. The Balaban J connectivity index is 2.24. The first-order valence-electron chi connectivity index (χ1n) is 6.23. The predicted molar refractivity (Wildman–Crippen MR) is 68.5 cm³/mol. The third-order valence-electron chi connectivity index (χ3n) is 3.43. The summed E-state index contributed by atoms with van der Waals surface area (Å²) >= 11 is 0. The van der Waals surface area contributed by atoms with E-state index < -0.39 is 0 Å². The Morgan fingerprint density at radius 3 is 2.19 bits per heavy atom. The van der Waals surface area contributed by atoms with Crippen LogP contribution in [0.5, 0.6) is 0 Å². The lowest BCUT2D eigenvalue weighted by molar-refractivity contribution is 0.251. The van der Waals surface area contributed by atoms with E-state index in [1.165, 1.54) is 42.6 Å². The Bertz CT molecular complexity index is 334. The number of nitrogens with two attached hydrogens (primary N) is 1. The van der Waals surface area contributed by atoms with Crippen LogP contribution in [0.15, 0.2) is 18.2 Å². The van der Waals surface area contributed by atoms with Gasteiger partial charge in [0.05, 0.1) is 0 Å². The molecule has 0 radical (unpaired) electrons. The SMILES string of the molecule is Cc1cc(C)cc(C(CN)N2CCCC2)c1. The van der Waals surface area contributed by atoms with E-state index in [9.17, 15) is 0 Å². The highest BCUT2D eigenvalue weighted by Gasteiger charge is 2.22. The van der Waals surface area contributed by atoms with Crippen molar-refractivity contribution in [3.8, 4) is 0 Å². The minimum absolute atomic E-state index is 0.418. The van der Waals surface area contributed by atoms with Crippen LogP contribution < -0.4 is 5.73 Å². The highest BCUT2D eigenvalue weighted by Crippen LogP contribution is 2.25. The number of hydrogen-bond acceptors (Lipinski definition) is 2. The quantitative estimate of drug-likeness (QED) is 0.844. The van der Waals surface area contributed by atoms with E-state index in [1.807, 2.05) is 0 Å². The van der Waals surface area contributed by atoms with Gasteiger partial charge < -0.3 is 5.73 Å². The zero-order valence-corrected chi connectivity index (χ0v) is 10.4. The van der Waals surface area contributed by atoms with Crippen LogP contribution in [0.2, 0.25) is 0 Å². The summed E-state index contributed by atoms with van der Waals surface area (Å²) in [5.74, 6) is 0. The first-order chi connectivity index (χ1) is 7.70. The van der Waals surface area contributed by atoms with E-state index in [-0.39, 0.29) is 0 Å². The molecule has 2 rings (SSSR count). The first-order valence-corrected chi connectivity index (χ1v) is 6.23. The summed E-state index contributed by atoms with van der Waals surface area (Å²) in [6.45, 7) is 7.45. The van der Waals surface area contributed by atoms with Crippen LogP contribution in [0.3, 0.4) is 0 Å². The van der Waals surface area contributed by atoms with Gasteiger partial charge in [0.25, 0.3) is 0 Å². The molecular formula is C14H22N2. The molecular weight excluding hydrogens is 196 g/mol. The Hall–Kier alpha value is -0.860. The molecule has 2 nitrogen and oxygen atoms in total. The van der Waals surface area contributed by atoms with Gasteiger partial charge in [0.15, 0.2) is 0 Å². The van der Waals surface area contributed by atoms with Crippen LogP contribution in [0, 0.1) is 13.8 Å². The Morgan fingerprint density at radius 2 is 1.69 bits per heavy atom. The van der Waals surface area contributed by atoms with Gasteiger partial charge in [-0.2, -0.15) is 0 Å². The standard InChI is InChI=1S/C14H22N2/c1-11-7-12(2)9-13(8-11)14(10-15)16-5-3-4-6-16/h7-9,14H,3-6,10,15H2,1-2H3. The van der Waals surface area contributed by atoms with Gasteiger partial charge in [0.1, 0.15) is 0 Å². The van der Waals surface area contributed by atoms with Crippen LogP contribution in [0.25, 0.3) is 0 Å². The van der Waals surface area contributed by atoms with Gasteiger partial charge in [0.2, 0.25) is 0 Å². The van der Waals surface area contributed by atoms with Crippen LogP contribution in [-0.4, -0.2) is 24.5 Å². The van der Waals surface area contributed by atoms with Crippen molar-refractivity contribution >= 4 is 0 Å². The minimum atomic E-state index is 0.418. The first kappa shape index (κ1) is 11.6. The normalized spacial score (nSPS) is 18.9. The Kier molecular flexibility index (Phi) is 3.62. The molecule has 0 amide bonds. The van der Waals surface area contributed by atoms with E-state index in [4.69, 9.17) is 5.73 Å². The third-order valence-corrected chi connectivity index (χ3v) is 3.43. The van der Waals surface area contributed by atoms with Crippen molar-refractivity contribution < 1.29 is 0 Å². The number of nitrogens with zero attached hydrogens (tertiary/aromatic N) is 1. The maximum Gasteiger partial charge on any atom is 0.0470 e. The van der Waals surface area contributed by atoms with Crippen molar-refractivity contribution in [2.45, 2.75) is 32.7 Å². The minimum Gasteiger partial charge on any atom is -0.329 e. The molecule has 1 aromatic rings. The molecule has 1 fully saturated rings. The van der Waals surface area contributed by atoms with Crippen LogP contribution in [0.1, 0.15) is 35.6 Å². The van der Waals surface area contributed by atoms with Crippen molar-refractivity contribution in [1.82, 2.24) is 4.90 Å². The van der Waals surface area contributed by atoms with Gasteiger partial charge in [-0.25, -0.2) is 0 Å². The van der Waals surface area contributed by atoms with E-state index in [0.717, 1.165) is 6.54 Å². The largest absolute Gasteiger partial charge is 0.329 e. The molecule has 1 unspecified atom stereocenters. The highest BCUT2D eigenvalue weighted by molar-refractivity contribution is 5.31. The van der Waals surface area contributed by atoms with Gasteiger partial charge in [0, 0.05) is 12.6 Å². The topological polar surface area (TPSA) is 29.3 Å². The van der Waals surface area contributed by atoms with Gasteiger partial charge in [-0.15, -0.1) is 0 Å². The Morgan fingerprint density at radius 1 is 1.12 bits per heavy atom. The van der Waals surface area contributed by atoms with E-state index in [2.05, 4.69) is 36.9 Å². The molecule has 16 heavy (non-hydrogen) atoms. The average molecular weight is 218 g/mol. The summed E-state index contributed by atoms with van der Waals surface area (Å²) < 4.78 is 0. The smallest absolute Gasteiger partial charge is 0.0470 e. The highest BCUT2D eigenvalue weighted by atomic mass is 15.2. The number of rotatable bonds is 3. The molecule has 1 saturated heterocycles. The lowest BCUT2D eigenvalue weighted by atomic mass is 10.0. The molecule has 0 aromatic heterocycles. The summed E-state index contributed by atoms with van der Waals surface area (Å²) in [5, 5.41) is 0.